The second-order valence-electron chi connectivity index (χ2n) is 11.1. The summed E-state index contributed by atoms with van der Waals surface area (Å²) in [5.74, 6) is 0.793. The number of fused-ring (bicyclic) bond motifs is 2. The van der Waals surface area contributed by atoms with Crippen LogP contribution in [0.4, 0.5) is 0 Å². The van der Waals surface area contributed by atoms with Crippen molar-refractivity contribution in [3.05, 3.63) is 64.7 Å². The SMILES string of the molecule is O=C(N[C@H]1CCc2cc(CC34C[C@@H]5CC[C@@H]3N54)ccc2C1)c1ccc(OC[C@@H]2CCCO2)cc1. The van der Waals surface area contributed by atoms with E-state index < -0.39 is 0 Å². The molecule has 0 radical (unpaired) electrons. The molecule has 0 spiro atoms. The smallest absolute Gasteiger partial charge is 0.251 e. The average Bonchev–Trinajstić information content (AvgIpc) is 3.26. The Morgan fingerprint density at radius 1 is 1.09 bits per heavy atom. The minimum Gasteiger partial charge on any atom is -0.491 e. The number of nitrogens with one attached hydrogen (secondary N) is 1. The summed E-state index contributed by atoms with van der Waals surface area (Å²) in [5, 5.41) is 3.26. The zero-order valence-electron chi connectivity index (χ0n) is 19.8. The molecule has 4 aliphatic heterocycles. The third-order valence-electron chi connectivity index (χ3n) is 9.08. The molecule has 2 unspecified atom stereocenters. The molecule has 1 amide bonds. The van der Waals surface area contributed by atoms with Gasteiger partial charge in [-0.1, -0.05) is 18.2 Å². The van der Waals surface area contributed by atoms with Gasteiger partial charge in [-0.2, -0.15) is 0 Å². The number of aryl methyl sites for hydroxylation is 1. The molecule has 7 rings (SSSR count). The summed E-state index contributed by atoms with van der Waals surface area (Å²) in [4.78, 5) is 15.6. The molecule has 178 valence electrons. The number of benzene rings is 2. The van der Waals surface area contributed by atoms with Gasteiger partial charge in [-0.3, -0.25) is 9.69 Å². The molecule has 1 aliphatic carbocycles. The van der Waals surface area contributed by atoms with Crippen LogP contribution in [-0.2, 0) is 24.0 Å². The summed E-state index contributed by atoms with van der Waals surface area (Å²) in [6, 6.07) is 16.6. The highest BCUT2D eigenvalue weighted by Crippen LogP contribution is 2.65. The molecule has 1 N–H and O–H groups in total. The predicted molar refractivity (Wildman–Crippen MR) is 130 cm³/mol. The number of amides is 1. The summed E-state index contributed by atoms with van der Waals surface area (Å²) < 4.78 is 11.4. The Labute approximate surface area is 201 Å². The molecule has 4 heterocycles. The van der Waals surface area contributed by atoms with Crippen LogP contribution in [0.25, 0.3) is 0 Å². The third-order valence-corrected chi connectivity index (χ3v) is 9.08. The summed E-state index contributed by atoms with van der Waals surface area (Å²) in [6.45, 7) is 1.41. The lowest BCUT2D eigenvalue weighted by molar-refractivity contribution is 0.0679. The molecule has 6 atom stereocenters. The summed E-state index contributed by atoms with van der Waals surface area (Å²) in [7, 11) is 0. The number of nitrogens with zero attached hydrogens (tertiary/aromatic N) is 1. The fourth-order valence-corrected chi connectivity index (χ4v) is 7.33. The van der Waals surface area contributed by atoms with E-state index in [1.54, 1.807) is 0 Å². The summed E-state index contributed by atoms with van der Waals surface area (Å²) >= 11 is 0. The number of hydrogen-bond donors (Lipinski definition) is 1. The monoisotopic (exact) mass is 458 g/mol. The first-order valence-corrected chi connectivity index (χ1v) is 13.2. The highest BCUT2D eigenvalue weighted by atomic mass is 16.5. The van der Waals surface area contributed by atoms with Crippen molar-refractivity contribution in [3.8, 4) is 5.75 Å². The van der Waals surface area contributed by atoms with Crippen LogP contribution in [0.1, 0.15) is 65.6 Å². The number of rotatable bonds is 7. The normalized spacial score (nSPS) is 34.6. The van der Waals surface area contributed by atoms with Gasteiger partial charge < -0.3 is 14.8 Å². The quantitative estimate of drug-likeness (QED) is 0.636. The molecule has 5 nitrogen and oxygen atoms in total. The molecule has 4 saturated heterocycles. The van der Waals surface area contributed by atoms with Gasteiger partial charge in [-0.25, -0.2) is 0 Å². The zero-order valence-corrected chi connectivity index (χ0v) is 19.8. The van der Waals surface area contributed by atoms with Crippen molar-refractivity contribution >= 4 is 5.91 Å². The second-order valence-corrected chi connectivity index (χ2v) is 11.1. The number of ether oxygens (including phenoxy) is 2. The Balaban J connectivity index is 0.931. The standard InChI is InChI=1S/C29H34N2O3/c32-28(20-6-10-25(11-7-20)34-18-26-2-1-13-33-26)30-23-8-5-21-14-19(3-4-22(21)15-23)16-29-17-24-9-12-27(29)31(24)29/h3-4,6-7,10-11,14,23-24,26-27H,1-2,5,8-9,12-13,15-18H2,(H,30,32)/t23-,24-,26-,27-,29?,31?/m0/s1. The summed E-state index contributed by atoms with van der Waals surface area (Å²) in [6.07, 6.45) is 10.8. The van der Waals surface area contributed by atoms with E-state index in [-0.39, 0.29) is 18.1 Å². The zero-order chi connectivity index (χ0) is 22.7. The minimum atomic E-state index is 0.00343. The lowest BCUT2D eigenvalue weighted by Crippen LogP contribution is -2.44. The molecule has 5 heteroatoms. The maximum atomic E-state index is 12.8. The van der Waals surface area contributed by atoms with E-state index in [0.29, 0.717) is 17.7 Å². The molecule has 0 saturated carbocycles. The van der Waals surface area contributed by atoms with Crippen molar-refractivity contribution in [2.75, 3.05) is 13.2 Å². The first-order chi connectivity index (χ1) is 16.7. The summed E-state index contributed by atoms with van der Waals surface area (Å²) in [5.41, 5.74) is 5.62. The van der Waals surface area contributed by atoms with E-state index in [9.17, 15) is 4.79 Å². The molecular formula is C29H34N2O3. The van der Waals surface area contributed by atoms with Gasteiger partial charge in [-0.15, -0.1) is 0 Å². The van der Waals surface area contributed by atoms with Crippen LogP contribution < -0.4 is 10.1 Å². The van der Waals surface area contributed by atoms with E-state index in [2.05, 4.69) is 28.4 Å². The Morgan fingerprint density at radius 2 is 2.00 bits per heavy atom. The van der Waals surface area contributed by atoms with E-state index >= 15 is 0 Å². The molecule has 4 fully saturated rings. The van der Waals surface area contributed by atoms with Gasteiger partial charge in [0.2, 0.25) is 0 Å². The lowest BCUT2D eigenvalue weighted by atomic mass is 9.77. The van der Waals surface area contributed by atoms with Crippen LogP contribution in [0.5, 0.6) is 5.75 Å². The van der Waals surface area contributed by atoms with Gasteiger partial charge in [0.1, 0.15) is 12.4 Å². The van der Waals surface area contributed by atoms with Crippen molar-refractivity contribution in [2.45, 2.75) is 87.6 Å². The molecule has 0 bridgehead atoms. The van der Waals surface area contributed by atoms with Crippen molar-refractivity contribution in [3.63, 3.8) is 0 Å². The van der Waals surface area contributed by atoms with Gasteiger partial charge in [0.05, 0.1) is 6.10 Å². The topological polar surface area (TPSA) is 50.6 Å². The number of carbonyl (C=O) groups is 1. The maximum absolute atomic E-state index is 12.8. The van der Waals surface area contributed by atoms with Gasteiger partial charge in [0, 0.05) is 35.8 Å². The highest BCUT2D eigenvalue weighted by molar-refractivity contribution is 5.94. The van der Waals surface area contributed by atoms with Crippen LogP contribution >= 0.6 is 0 Å². The molecule has 34 heavy (non-hydrogen) atoms. The molecule has 0 aromatic heterocycles. The van der Waals surface area contributed by atoms with E-state index in [1.807, 2.05) is 24.3 Å². The van der Waals surface area contributed by atoms with Crippen LogP contribution in [0.15, 0.2) is 42.5 Å². The van der Waals surface area contributed by atoms with Gasteiger partial charge >= 0.3 is 0 Å². The highest BCUT2D eigenvalue weighted by Gasteiger charge is 2.75. The first-order valence-electron chi connectivity index (χ1n) is 13.2. The Hall–Kier alpha value is -2.37. The molecular weight excluding hydrogens is 424 g/mol. The van der Waals surface area contributed by atoms with Crippen molar-refractivity contribution in [1.82, 2.24) is 10.2 Å². The number of hydrogen-bond acceptors (Lipinski definition) is 4. The van der Waals surface area contributed by atoms with Crippen LogP contribution in [0.3, 0.4) is 0 Å². The molecule has 5 aliphatic rings. The third kappa shape index (κ3) is 3.56. The fraction of sp³-hybridized carbons (Fsp3) is 0.552. The largest absolute Gasteiger partial charge is 0.491 e. The van der Waals surface area contributed by atoms with E-state index in [1.165, 1.54) is 42.4 Å². The van der Waals surface area contributed by atoms with Crippen LogP contribution in [-0.4, -0.2) is 53.8 Å². The molecule has 2 aromatic carbocycles. The number of piperidine rings is 1. The number of carbonyl (C=O) groups excluding carboxylic acids is 1. The Bertz CT molecular complexity index is 1090. The van der Waals surface area contributed by atoms with Crippen molar-refractivity contribution in [2.24, 2.45) is 0 Å². The van der Waals surface area contributed by atoms with Gasteiger partial charge in [0.15, 0.2) is 0 Å². The van der Waals surface area contributed by atoms with Crippen LogP contribution in [0, 0.1) is 0 Å². The average molecular weight is 459 g/mol. The van der Waals surface area contributed by atoms with Crippen molar-refractivity contribution in [1.29, 1.82) is 0 Å². The second kappa shape index (κ2) is 8.10. The minimum absolute atomic E-state index is 0.00343. The van der Waals surface area contributed by atoms with E-state index in [0.717, 1.165) is 56.5 Å². The Morgan fingerprint density at radius 3 is 2.76 bits per heavy atom. The fourth-order valence-electron chi connectivity index (χ4n) is 7.33. The van der Waals surface area contributed by atoms with Gasteiger partial charge in [-0.05, 0) is 98.7 Å². The first kappa shape index (κ1) is 21.0. The molecule has 2 aromatic rings. The van der Waals surface area contributed by atoms with Gasteiger partial charge in [0.25, 0.3) is 5.91 Å². The van der Waals surface area contributed by atoms with Crippen LogP contribution in [0.2, 0.25) is 0 Å². The van der Waals surface area contributed by atoms with E-state index in [4.69, 9.17) is 9.47 Å². The predicted octanol–water partition coefficient (Wildman–Crippen LogP) is 4.06. The maximum Gasteiger partial charge on any atom is 0.251 e. The Kier molecular flexibility index (Phi) is 4.99. The lowest BCUT2D eigenvalue weighted by Gasteiger charge is -2.37. The van der Waals surface area contributed by atoms with Crippen molar-refractivity contribution < 1.29 is 14.3 Å².